The number of nitrogens with two attached hydrogens (primary N) is 1. The highest BCUT2D eigenvalue weighted by Crippen LogP contribution is 2.41. The number of β-amino-alcohol motifs (C(OH)–C–C–N with tert-alkyl or cyclic N) is 1. The van der Waals surface area contributed by atoms with Gasteiger partial charge in [-0.3, -0.25) is 0 Å². The summed E-state index contributed by atoms with van der Waals surface area (Å²) in [4.78, 5) is 1.98. The van der Waals surface area contributed by atoms with E-state index in [-0.39, 0.29) is 12.7 Å². The summed E-state index contributed by atoms with van der Waals surface area (Å²) in [5, 5.41) is 18.9. The van der Waals surface area contributed by atoms with Crippen molar-refractivity contribution in [3.63, 3.8) is 0 Å². The molecule has 1 aliphatic heterocycles. The highest BCUT2D eigenvalue weighted by atomic mass is 16.5. The molecule has 4 N–H and O–H groups in total. The Kier molecular flexibility index (Phi) is 4.18. The molecule has 0 spiro atoms. The topological polar surface area (TPSA) is 79.0 Å². The normalized spacial score (nSPS) is 18.5. The highest BCUT2D eigenvalue weighted by molar-refractivity contribution is 5.76. The maximum absolute atomic E-state index is 9.81. The van der Waals surface area contributed by atoms with Crippen molar-refractivity contribution in [2.45, 2.75) is 12.2 Å². The Bertz CT molecular complexity index is 633. The lowest BCUT2D eigenvalue weighted by molar-refractivity contribution is 0.0954. The number of benzene rings is 2. The van der Waals surface area contributed by atoms with Crippen molar-refractivity contribution in [3.05, 3.63) is 54.1 Å². The summed E-state index contributed by atoms with van der Waals surface area (Å²) in [6, 6.07) is 15.5. The number of aliphatic hydroxyl groups excluding tert-OH is 2. The monoisotopic (exact) mass is 300 g/mol. The van der Waals surface area contributed by atoms with Crippen molar-refractivity contribution in [2.75, 3.05) is 30.3 Å². The SMILES string of the molecule is Nc1cccc2c1N(CC(O)CO)CC(c1ccccc1)O2. The highest BCUT2D eigenvalue weighted by Gasteiger charge is 2.29. The summed E-state index contributed by atoms with van der Waals surface area (Å²) >= 11 is 0. The Hall–Kier alpha value is -2.24. The first-order valence-corrected chi connectivity index (χ1v) is 7.33. The summed E-state index contributed by atoms with van der Waals surface area (Å²) in [5.74, 6) is 0.699. The summed E-state index contributed by atoms with van der Waals surface area (Å²) in [6.45, 7) is 0.599. The van der Waals surface area contributed by atoms with Gasteiger partial charge in [0.05, 0.1) is 24.9 Å². The standard InChI is InChI=1S/C17H20N2O3/c18-14-7-4-8-15-17(14)19(9-13(21)11-20)10-16(22-15)12-5-2-1-3-6-12/h1-8,13,16,20-21H,9-11,18H2. The van der Waals surface area contributed by atoms with E-state index < -0.39 is 6.10 Å². The van der Waals surface area contributed by atoms with E-state index in [1.165, 1.54) is 0 Å². The van der Waals surface area contributed by atoms with E-state index >= 15 is 0 Å². The van der Waals surface area contributed by atoms with E-state index in [0.717, 1.165) is 11.3 Å². The third kappa shape index (κ3) is 2.86. The number of ether oxygens (including phenoxy) is 1. The molecule has 2 atom stereocenters. The van der Waals surface area contributed by atoms with Gasteiger partial charge in [0.2, 0.25) is 0 Å². The smallest absolute Gasteiger partial charge is 0.145 e. The van der Waals surface area contributed by atoms with Crippen LogP contribution in [0, 0.1) is 0 Å². The molecule has 5 nitrogen and oxygen atoms in total. The molecule has 5 heteroatoms. The number of para-hydroxylation sites is 1. The second-order valence-electron chi connectivity index (χ2n) is 5.45. The van der Waals surface area contributed by atoms with Crippen LogP contribution in [0.2, 0.25) is 0 Å². The summed E-state index contributed by atoms with van der Waals surface area (Å²) in [7, 11) is 0. The zero-order valence-corrected chi connectivity index (χ0v) is 12.2. The first-order valence-electron chi connectivity index (χ1n) is 7.33. The summed E-state index contributed by atoms with van der Waals surface area (Å²) in [6.07, 6.45) is -0.955. The average Bonchev–Trinajstić information content (AvgIpc) is 2.55. The fourth-order valence-corrected chi connectivity index (χ4v) is 2.77. The molecule has 1 heterocycles. The fourth-order valence-electron chi connectivity index (χ4n) is 2.77. The molecule has 0 saturated carbocycles. The van der Waals surface area contributed by atoms with Crippen LogP contribution in [0.1, 0.15) is 11.7 Å². The van der Waals surface area contributed by atoms with E-state index in [1.807, 2.05) is 53.4 Å². The van der Waals surface area contributed by atoms with Crippen molar-refractivity contribution in [1.82, 2.24) is 0 Å². The van der Waals surface area contributed by atoms with E-state index in [2.05, 4.69) is 0 Å². The number of hydrogen-bond donors (Lipinski definition) is 3. The van der Waals surface area contributed by atoms with Gasteiger partial charge in [0.25, 0.3) is 0 Å². The van der Waals surface area contributed by atoms with E-state index in [4.69, 9.17) is 15.6 Å². The zero-order valence-electron chi connectivity index (χ0n) is 12.2. The number of nitrogen functional groups attached to an aromatic ring is 1. The van der Waals surface area contributed by atoms with Crippen LogP contribution >= 0.6 is 0 Å². The molecule has 0 radical (unpaired) electrons. The average molecular weight is 300 g/mol. The quantitative estimate of drug-likeness (QED) is 0.747. The number of nitrogens with zero attached hydrogens (tertiary/aromatic N) is 1. The van der Waals surface area contributed by atoms with E-state index in [1.54, 1.807) is 0 Å². The Morgan fingerprint density at radius 1 is 1.18 bits per heavy atom. The second-order valence-corrected chi connectivity index (χ2v) is 5.45. The number of hydrogen-bond acceptors (Lipinski definition) is 5. The molecule has 0 bridgehead atoms. The number of aliphatic hydroxyl groups is 2. The first kappa shape index (κ1) is 14.7. The molecule has 1 aliphatic rings. The van der Waals surface area contributed by atoms with Gasteiger partial charge in [-0.05, 0) is 17.7 Å². The van der Waals surface area contributed by atoms with Crippen LogP contribution in [0.15, 0.2) is 48.5 Å². The minimum atomic E-state index is -0.818. The van der Waals surface area contributed by atoms with Gasteiger partial charge < -0.3 is 25.6 Å². The molecule has 0 amide bonds. The van der Waals surface area contributed by atoms with Crippen molar-refractivity contribution in [1.29, 1.82) is 0 Å². The molecule has 2 aromatic carbocycles. The van der Waals surface area contributed by atoms with Gasteiger partial charge in [-0.1, -0.05) is 36.4 Å². The predicted octanol–water partition coefficient (Wildman–Crippen LogP) is 1.56. The van der Waals surface area contributed by atoms with Gasteiger partial charge in [-0.15, -0.1) is 0 Å². The third-order valence-corrected chi connectivity index (χ3v) is 3.82. The lowest BCUT2D eigenvalue weighted by Crippen LogP contribution is -2.41. The van der Waals surface area contributed by atoms with Crippen molar-refractivity contribution in [3.8, 4) is 5.75 Å². The van der Waals surface area contributed by atoms with Gasteiger partial charge >= 0.3 is 0 Å². The van der Waals surface area contributed by atoms with Gasteiger partial charge in [-0.25, -0.2) is 0 Å². The van der Waals surface area contributed by atoms with Crippen LogP contribution in [0.25, 0.3) is 0 Å². The molecule has 116 valence electrons. The van der Waals surface area contributed by atoms with Crippen LogP contribution in [-0.4, -0.2) is 36.0 Å². The molecular formula is C17H20N2O3. The third-order valence-electron chi connectivity index (χ3n) is 3.82. The number of rotatable bonds is 4. The zero-order chi connectivity index (χ0) is 15.5. The minimum Gasteiger partial charge on any atom is -0.482 e. The fraction of sp³-hybridized carbons (Fsp3) is 0.294. The Balaban J connectivity index is 1.94. The van der Waals surface area contributed by atoms with Gasteiger partial charge in [0.15, 0.2) is 0 Å². The maximum atomic E-state index is 9.81. The largest absolute Gasteiger partial charge is 0.482 e. The predicted molar refractivity (Wildman–Crippen MR) is 86.0 cm³/mol. The maximum Gasteiger partial charge on any atom is 0.145 e. The molecule has 0 aliphatic carbocycles. The summed E-state index contributed by atoms with van der Waals surface area (Å²) < 4.78 is 6.08. The lowest BCUT2D eigenvalue weighted by atomic mass is 10.1. The Labute approximate surface area is 129 Å². The number of anilines is 2. The van der Waals surface area contributed by atoms with Gasteiger partial charge in [0, 0.05) is 6.54 Å². The van der Waals surface area contributed by atoms with Crippen LogP contribution in [0.5, 0.6) is 5.75 Å². The minimum absolute atomic E-state index is 0.138. The van der Waals surface area contributed by atoms with Crippen LogP contribution in [-0.2, 0) is 0 Å². The van der Waals surface area contributed by atoms with Crippen LogP contribution < -0.4 is 15.4 Å². The molecule has 3 rings (SSSR count). The van der Waals surface area contributed by atoms with Crippen molar-refractivity contribution >= 4 is 11.4 Å². The number of fused-ring (bicyclic) bond motifs is 1. The Morgan fingerprint density at radius 2 is 1.95 bits per heavy atom. The Morgan fingerprint density at radius 3 is 2.68 bits per heavy atom. The molecule has 0 aromatic heterocycles. The van der Waals surface area contributed by atoms with Crippen molar-refractivity contribution in [2.24, 2.45) is 0 Å². The van der Waals surface area contributed by atoms with E-state index in [9.17, 15) is 5.11 Å². The molecular weight excluding hydrogens is 280 g/mol. The molecule has 0 fully saturated rings. The first-order chi connectivity index (χ1) is 10.7. The van der Waals surface area contributed by atoms with Crippen molar-refractivity contribution < 1.29 is 14.9 Å². The van der Waals surface area contributed by atoms with E-state index in [0.29, 0.717) is 24.5 Å². The molecule has 0 saturated heterocycles. The molecule has 22 heavy (non-hydrogen) atoms. The molecule has 2 aromatic rings. The van der Waals surface area contributed by atoms with Gasteiger partial charge in [0.1, 0.15) is 17.5 Å². The second kappa shape index (κ2) is 6.25. The van der Waals surface area contributed by atoms with Crippen LogP contribution in [0.3, 0.4) is 0 Å². The van der Waals surface area contributed by atoms with Gasteiger partial charge in [-0.2, -0.15) is 0 Å². The molecule has 2 unspecified atom stereocenters. The lowest BCUT2D eigenvalue weighted by Gasteiger charge is -2.38. The van der Waals surface area contributed by atoms with Crippen LogP contribution in [0.4, 0.5) is 11.4 Å². The summed E-state index contributed by atoms with van der Waals surface area (Å²) in [5.41, 5.74) is 8.52.